The smallest absolute Gasteiger partial charge is 0.259 e. The summed E-state index contributed by atoms with van der Waals surface area (Å²) in [6, 6.07) is 5.01. The molecule has 1 atom stereocenters. The number of carbonyl (C=O) groups is 1. The van der Waals surface area contributed by atoms with Gasteiger partial charge >= 0.3 is 0 Å². The summed E-state index contributed by atoms with van der Waals surface area (Å²) in [5.74, 6) is 0.408. The maximum atomic E-state index is 12.3. The quantitative estimate of drug-likeness (QED) is 0.850. The molecule has 0 aliphatic heterocycles. The summed E-state index contributed by atoms with van der Waals surface area (Å²) < 4.78 is 0. The number of thiazole rings is 1. The van der Waals surface area contributed by atoms with Gasteiger partial charge in [0, 0.05) is 4.88 Å². The predicted octanol–water partition coefficient (Wildman–Crippen LogP) is 4.83. The summed E-state index contributed by atoms with van der Waals surface area (Å²) in [6.07, 6.45) is 3.19. The van der Waals surface area contributed by atoms with E-state index in [0.29, 0.717) is 21.6 Å². The van der Waals surface area contributed by atoms with Crippen molar-refractivity contribution in [2.24, 2.45) is 5.92 Å². The molecule has 0 radical (unpaired) electrons. The second-order valence-corrected chi connectivity index (χ2v) is 7.16. The van der Waals surface area contributed by atoms with Crippen LogP contribution in [-0.4, -0.2) is 10.9 Å². The Hall–Kier alpha value is -1.10. The summed E-state index contributed by atoms with van der Waals surface area (Å²) in [5.41, 5.74) is 1.48. The molecule has 3 rings (SSSR count). The largest absolute Gasteiger partial charge is 0.298 e. The molecule has 0 spiro atoms. The average molecular weight is 341 g/mol. The maximum Gasteiger partial charge on any atom is 0.259 e. The van der Waals surface area contributed by atoms with Crippen molar-refractivity contribution in [2.75, 3.05) is 5.32 Å². The van der Waals surface area contributed by atoms with Crippen LogP contribution in [0.4, 0.5) is 5.13 Å². The normalized spacial score (nSPS) is 17.4. The summed E-state index contributed by atoms with van der Waals surface area (Å²) in [7, 11) is 0. The van der Waals surface area contributed by atoms with E-state index < -0.39 is 0 Å². The minimum absolute atomic E-state index is 0.270. The van der Waals surface area contributed by atoms with Gasteiger partial charge in [-0.25, -0.2) is 4.98 Å². The molecule has 1 N–H and O–H groups in total. The number of halogens is 2. The SMILES string of the molecule is CC1CCc2nc(NC(=O)c3cccc(Cl)c3Cl)sc2C1. The van der Waals surface area contributed by atoms with Crippen LogP contribution in [-0.2, 0) is 12.8 Å². The minimum atomic E-state index is -0.276. The van der Waals surface area contributed by atoms with E-state index in [1.165, 1.54) is 4.88 Å². The minimum Gasteiger partial charge on any atom is -0.298 e. The van der Waals surface area contributed by atoms with E-state index in [0.717, 1.165) is 25.0 Å². The van der Waals surface area contributed by atoms with E-state index >= 15 is 0 Å². The van der Waals surface area contributed by atoms with Crippen molar-refractivity contribution in [2.45, 2.75) is 26.2 Å². The Balaban J connectivity index is 1.81. The molecule has 3 nitrogen and oxygen atoms in total. The zero-order valence-electron chi connectivity index (χ0n) is 11.5. The first kappa shape index (κ1) is 14.8. The second kappa shape index (κ2) is 5.95. The van der Waals surface area contributed by atoms with Gasteiger partial charge in [0.25, 0.3) is 5.91 Å². The lowest BCUT2D eigenvalue weighted by molar-refractivity contribution is 0.102. The van der Waals surface area contributed by atoms with Crippen LogP contribution in [0, 0.1) is 5.92 Å². The number of nitrogens with zero attached hydrogens (tertiary/aromatic N) is 1. The molecule has 0 fully saturated rings. The van der Waals surface area contributed by atoms with Crippen LogP contribution < -0.4 is 5.32 Å². The van der Waals surface area contributed by atoms with E-state index in [1.54, 1.807) is 29.5 Å². The zero-order valence-corrected chi connectivity index (χ0v) is 13.8. The first-order chi connectivity index (χ1) is 10.0. The average Bonchev–Trinajstić information content (AvgIpc) is 2.83. The van der Waals surface area contributed by atoms with Crippen LogP contribution in [0.1, 0.15) is 34.3 Å². The molecular weight excluding hydrogens is 327 g/mol. The van der Waals surface area contributed by atoms with Crippen molar-refractivity contribution in [1.29, 1.82) is 0 Å². The topological polar surface area (TPSA) is 42.0 Å². The highest BCUT2D eigenvalue weighted by Gasteiger charge is 2.21. The zero-order chi connectivity index (χ0) is 15.0. The molecule has 21 heavy (non-hydrogen) atoms. The van der Waals surface area contributed by atoms with Crippen LogP contribution in [0.5, 0.6) is 0 Å². The van der Waals surface area contributed by atoms with Crippen LogP contribution in [0.25, 0.3) is 0 Å². The van der Waals surface area contributed by atoms with E-state index in [-0.39, 0.29) is 10.9 Å². The molecule has 2 aromatic rings. The number of rotatable bonds is 2. The van der Waals surface area contributed by atoms with Gasteiger partial charge in [0.15, 0.2) is 5.13 Å². The molecule has 110 valence electrons. The van der Waals surface area contributed by atoms with E-state index in [1.807, 2.05) is 0 Å². The van der Waals surface area contributed by atoms with Crippen molar-refractivity contribution in [3.05, 3.63) is 44.4 Å². The van der Waals surface area contributed by atoms with Gasteiger partial charge in [0.2, 0.25) is 0 Å². The first-order valence-electron chi connectivity index (χ1n) is 6.78. The fourth-order valence-corrected chi connectivity index (χ4v) is 3.99. The highest BCUT2D eigenvalue weighted by atomic mass is 35.5. The molecule has 1 aromatic heterocycles. The van der Waals surface area contributed by atoms with Gasteiger partial charge < -0.3 is 0 Å². The monoisotopic (exact) mass is 340 g/mol. The maximum absolute atomic E-state index is 12.3. The molecule has 1 unspecified atom stereocenters. The van der Waals surface area contributed by atoms with Gasteiger partial charge in [-0.1, -0.05) is 36.2 Å². The lowest BCUT2D eigenvalue weighted by Gasteiger charge is -2.15. The fourth-order valence-electron chi connectivity index (χ4n) is 2.44. The van der Waals surface area contributed by atoms with Crippen molar-refractivity contribution < 1.29 is 4.79 Å². The molecule has 1 aliphatic rings. The van der Waals surface area contributed by atoms with Gasteiger partial charge in [0.05, 0.1) is 21.3 Å². The number of aromatic nitrogens is 1. The second-order valence-electron chi connectivity index (χ2n) is 5.29. The Morgan fingerprint density at radius 2 is 2.24 bits per heavy atom. The highest BCUT2D eigenvalue weighted by Crippen LogP contribution is 2.33. The summed E-state index contributed by atoms with van der Waals surface area (Å²) in [6.45, 7) is 2.24. The number of benzene rings is 1. The van der Waals surface area contributed by atoms with Crippen LogP contribution >= 0.6 is 34.5 Å². The molecule has 1 aliphatic carbocycles. The fraction of sp³-hybridized carbons (Fsp3) is 0.333. The number of carbonyl (C=O) groups excluding carboxylic acids is 1. The molecule has 1 aromatic carbocycles. The molecule has 0 saturated heterocycles. The van der Waals surface area contributed by atoms with Crippen LogP contribution in [0.2, 0.25) is 10.0 Å². The van der Waals surface area contributed by atoms with Crippen molar-refractivity contribution in [3.63, 3.8) is 0 Å². The number of amides is 1. The molecule has 1 heterocycles. The van der Waals surface area contributed by atoms with Crippen molar-refractivity contribution >= 4 is 45.6 Å². The molecule has 0 saturated carbocycles. The van der Waals surface area contributed by atoms with E-state index in [2.05, 4.69) is 17.2 Å². The lowest BCUT2D eigenvalue weighted by Crippen LogP contribution is -2.12. The number of hydrogen-bond donors (Lipinski definition) is 1. The highest BCUT2D eigenvalue weighted by molar-refractivity contribution is 7.15. The Morgan fingerprint density at radius 3 is 3.05 bits per heavy atom. The Kier molecular flexibility index (Phi) is 4.20. The van der Waals surface area contributed by atoms with Gasteiger partial charge in [-0.3, -0.25) is 10.1 Å². The predicted molar refractivity (Wildman–Crippen MR) is 87.7 cm³/mol. The molecule has 0 bridgehead atoms. The number of fused-ring (bicyclic) bond motifs is 1. The Labute approximate surface area is 137 Å². The summed E-state index contributed by atoms with van der Waals surface area (Å²) in [5, 5.41) is 4.10. The van der Waals surface area contributed by atoms with Crippen molar-refractivity contribution in [3.8, 4) is 0 Å². The van der Waals surface area contributed by atoms with Gasteiger partial charge in [-0.05, 0) is 37.3 Å². The molecule has 1 amide bonds. The number of aryl methyl sites for hydroxylation is 1. The summed E-state index contributed by atoms with van der Waals surface area (Å²) in [4.78, 5) is 18.1. The van der Waals surface area contributed by atoms with E-state index in [4.69, 9.17) is 23.2 Å². The molecular formula is C15H14Cl2N2OS. The van der Waals surface area contributed by atoms with Crippen molar-refractivity contribution in [1.82, 2.24) is 4.98 Å². The van der Waals surface area contributed by atoms with Crippen LogP contribution in [0.15, 0.2) is 18.2 Å². The number of nitrogens with one attached hydrogen (secondary N) is 1. The third-order valence-electron chi connectivity index (χ3n) is 3.60. The van der Waals surface area contributed by atoms with Gasteiger partial charge in [-0.15, -0.1) is 11.3 Å². The van der Waals surface area contributed by atoms with Gasteiger partial charge in [-0.2, -0.15) is 0 Å². The van der Waals surface area contributed by atoms with Crippen LogP contribution in [0.3, 0.4) is 0 Å². The van der Waals surface area contributed by atoms with Gasteiger partial charge in [0.1, 0.15) is 0 Å². The Bertz CT molecular complexity index is 699. The Morgan fingerprint density at radius 1 is 1.43 bits per heavy atom. The first-order valence-corrected chi connectivity index (χ1v) is 8.35. The standard InChI is InChI=1S/C15H14Cl2N2OS/c1-8-5-6-11-12(7-8)21-15(18-11)19-14(20)9-3-2-4-10(16)13(9)17/h2-4,8H,5-7H2,1H3,(H,18,19,20). The third-order valence-corrected chi connectivity index (χ3v) is 5.46. The summed E-state index contributed by atoms with van der Waals surface area (Å²) >= 11 is 13.6. The number of anilines is 1. The van der Waals surface area contributed by atoms with E-state index in [9.17, 15) is 4.79 Å². The lowest BCUT2D eigenvalue weighted by atomic mass is 9.93. The third kappa shape index (κ3) is 3.07. The molecule has 6 heteroatoms. The number of hydrogen-bond acceptors (Lipinski definition) is 3.